The van der Waals surface area contributed by atoms with E-state index in [1.807, 2.05) is 0 Å². The maximum Gasteiger partial charge on any atom is 0.123 e. The second-order valence-corrected chi connectivity index (χ2v) is 6.83. The minimum atomic E-state index is 0.150. The van der Waals surface area contributed by atoms with Crippen molar-refractivity contribution >= 4 is 0 Å². The highest BCUT2D eigenvalue weighted by Crippen LogP contribution is 2.44. The van der Waals surface area contributed by atoms with E-state index in [2.05, 4.69) is 36.2 Å². The Morgan fingerprint density at radius 2 is 2.00 bits per heavy atom. The van der Waals surface area contributed by atoms with E-state index in [-0.39, 0.29) is 5.41 Å². The van der Waals surface area contributed by atoms with Gasteiger partial charge in [-0.1, -0.05) is 31.0 Å². The topological polar surface area (TPSA) is 38.5 Å². The van der Waals surface area contributed by atoms with Gasteiger partial charge < -0.3 is 15.4 Å². The molecule has 2 aliphatic rings. The van der Waals surface area contributed by atoms with Crippen molar-refractivity contribution in [2.24, 2.45) is 5.73 Å². The summed E-state index contributed by atoms with van der Waals surface area (Å²) in [5.41, 5.74) is 7.66. The highest BCUT2D eigenvalue weighted by Gasteiger charge is 2.36. The summed E-state index contributed by atoms with van der Waals surface area (Å²) in [6.45, 7) is 2.95. The molecule has 0 amide bonds. The van der Waals surface area contributed by atoms with Crippen LogP contribution in [0, 0.1) is 0 Å². The Morgan fingerprint density at radius 3 is 2.71 bits per heavy atom. The van der Waals surface area contributed by atoms with Crippen LogP contribution in [0.2, 0.25) is 0 Å². The summed E-state index contributed by atoms with van der Waals surface area (Å²) < 4.78 is 6.40. The number of hydrogen-bond donors (Lipinski definition) is 1. The van der Waals surface area contributed by atoms with Crippen molar-refractivity contribution in [3.63, 3.8) is 0 Å². The third-order valence-corrected chi connectivity index (χ3v) is 5.28. The van der Waals surface area contributed by atoms with E-state index in [1.54, 1.807) is 0 Å². The Morgan fingerprint density at radius 1 is 1.24 bits per heavy atom. The first-order valence-electron chi connectivity index (χ1n) is 8.38. The molecule has 2 fully saturated rings. The zero-order valence-corrected chi connectivity index (χ0v) is 13.2. The fourth-order valence-corrected chi connectivity index (χ4v) is 4.04. The van der Waals surface area contributed by atoms with Crippen molar-refractivity contribution in [3.8, 4) is 5.75 Å². The van der Waals surface area contributed by atoms with E-state index in [9.17, 15) is 0 Å². The number of rotatable bonds is 4. The predicted octanol–water partition coefficient (Wildman–Crippen LogP) is 2.93. The fourth-order valence-electron chi connectivity index (χ4n) is 4.04. The molecule has 0 radical (unpaired) electrons. The lowest BCUT2D eigenvalue weighted by molar-refractivity contribution is 0.102. The van der Waals surface area contributed by atoms with Gasteiger partial charge in [-0.15, -0.1) is 0 Å². The molecule has 1 aliphatic heterocycles. The van der Waals surface area contributed by atoms with Gasteiger partial charge >= 0.3 is 0 Å². The lowest BCUT2D eigenvalue weighted by Gasteiger charge is -2.34. The standard InChI is InChI=1S/C18H28N2O/c1-20-12-6-7-15(13-20)21-17-9-3-2-8-16(17)18(14-19)10-4-5-11-18/h2-3,8-9,15H,4-7,10-14,19H2,1H3. The van der Waals surface area contributed by atoms with Crippen LogP contribution in [0.5, 0.6) is 5.75 Å². The molecule has 1 heterocycles. The van der Waals surface area contributed by atoms with Gasteiger partial charge in [-0.3, -0.25) is 0 Å². The van der Waals surface area contributed by atoms with E-state index in [0.717, 1.165) is 25.3 Å². The third kappa shape index (κ3) is 3.09. The van der Waals surface area contributed by atoms with E-state index in [0.29, 0.717) is 6.10 Å². The summed E-state index contributed by atoms with van der Waals surface area (Å²) >= 11 is 0. The van der Waals surface area contributed by atoms with Crippen LogP contribution in [-0.4, -0.2) is 37.7 Å². The average Bonchev–Trinajstić information content (AvgIpc) is 2.98. The zero-order valence-electron chi connectivity index (χ0n) is 13.2. The molecule has 1 unspecified atom stereocenters. The van der Waals surface area contributed by atoms with E-state index in [1.165, 1.54) is 44.2 Å². The second kappa shape index (κ2) is 6.37. The number of nitrogens with zero attached hydrogens (tertiary/aromatic N) is 1. The molecular weight excluding hydrogens is 260 g/mol. The summed E-state index contributed by atoms with van der Waals surface area (Å²) in [7, 11) is 2.18. The Kier molecular flexibility index (Phi) is 4.51. The van der Waals surface area contributed by atoms with Gasteiger partial charge in [0.1, 0.15) is 11.9 Å². The molecule has 0 spiro atoms. The maximum atomic E-state index is 6.40. The summed E-state index contributed by atoms with van der Waals surface area (Å²) in [5, 5.41) is 0. The van der Waals surface area contributed by atoms with Crippen LogP contribution < -0.4 is 10.5 Å². The molecule has 0 bridgehead atoms. The van der Waals surface area contributed by atoms with Crippen LogP contribution in [0.15, 0.2) is 24.3 Å². The predicted molar refractivity (Wildman–Crippen MR) is 86.8 cm³/mol. The van der Waals surface area contributed by atoms with Gasteiger partial charge in [0.25, 0.3) is 0 Å². The van der Waals surface area contributed by atoms with Gasteiger partial charge in [0.15, 0.2) is 0 Å². The summed E-state index contributed by atoms with van der Waals surface area (Å²) in [4.78, 5) is 2.37. The smallest absolute Gasteiger partial charge is 0.123 e. The molecule has 3 heteroatoms. The fraction of sp³-hybridized carbons (Fsp3) is 0.667. The first-order valence-corrected chi connectivity index (χ1v) is 8.38. The number of para-hydroxylation sites is 1. The number of hydrogen-bond acceptors (Lipinski definition) is 3. The molecule has 21 heavy (non-hydrogen) atoms. The summed E-state index contributed by atoms with van der Waals surface area (Å²) in [5.74, 6) is 1.07. The minimum Gasteiger partial charge on any atom is -0.489 e. The summed E-state index contributed by atoms with van der Waals surface area (Å²) in [6, 6.07) is 8.59. The number of nitrogens with two attached hydrogens (primary N) is 1. The SMILES string of the molecule is CN1CCCC(Oc2ccccc2C2(CN)CCCC2)C1. The van der Waals surface area contributed by atoms with Crippen LogP contribution in [-0.2, 0) is 5.41 Å². The van der Waals surface area contributed by atoms with Crippen molar-refractivity contribution in [2.45, 2.75) is 50.0 Å². The third-order valence-electron chi connectivity index (χ3n) is 5.28. The van der Waals surface area contributed by atoms with Crippen LogP contribution >= 0.6 is 0 Å². The van der Waals surface area contributed by atoms with Crippen molar-refractivity contribution in [3.05, 3.63) is 29.8 Å². The number of ether oxygens (including phenoxy) is 1. The lowest BCUT2D eigenvalue weighted by Crippen LogP contribution is -2.39. The van der Waals surface area contributed by atoms with Crippen LogP contribution in [0.3, 0.4) is 0 Å². The first-order chi connectivity index (χ1) is 10.2. The van der Waals surface area contributed by atoms with Gasteiger partial charge in [-0.25, -0.2) is 0 Å². The van der Waals surface area contributed by atoms with E-state index in [4.69, 9.17) is 10.5 Å². The van der Waals surface area contributed by atoms with Crippen molar-refractivity contribution in [2.75, 3.05) is 26.7 Å². The van der Waals surface area contributed by atoms with Crippen LogP contribution in [0.1, 0.15) is 44.1 Å². The van der Waals surface area contributed by atoms with Gasteiger partial charge in [-0.05, 0) is 45.3 Å². The molecule has 1 saturated heterocycles. The Labute approximate surface area is 128 Å². The van der Waals surface area contributed by atoms with E-state index >= 15 is 0 Å². The molecular formula is C18H28N2O. The van der Waals surface area contributed by atoms with Gasteiger partial charge in [0.2, 0.25) is 0 Å². The quantitative estimate of drug-likeness (QED) is 0.926. The van der Waals surface area contributed by atoms with Gasteiger partial charge in [0, 0.05) is 24.1 Å². The number of likely N-dealkylation sites (N-methyl/N-ethyl adjacent to an activating group) is 1. The highest BCUT2D eigenvalue weighted by atomic mass is 16.5. The monoisotopic (exact) mass is 288 g/mol. The molecule has 1 atom stereocenters. The molecule has 2 N–H and O–H groups in total. The van der Waals surface area contributed by atoms with Crippen molar-refractivity contribution in [1.82, 2.24) is 4.90 Å². The van der Waals surface area contributed by atoms with Crippen molar-refractivity contribution in [1.29, 1.82) is 0 Å². The molecule has 1 aromatic carbocycles. The van der Waals surface area contributed by atoms with Crippen molar-refractivity contribution < 1.29 is 4.74 Å². The molecule has 3 nitrogen and oxygen atoms in total. The number of piperidine rings is 1. The molecule has 116 valence electrons. The molecule has 1 aliphatic carbocycles. The highest BCUT2D eigenvalue weighted by molar-refractivity contribution is 5.41. The zero-order chi connectivity index (χ0) is 14.7. The average molecular weight is 288 g/mol. The Hall–Kier alpha value is -1.06. The molecule has 0 aromatic heterocycles. The maximum absolute atomic E-state index is 6.40. The van der Waals surface area contributed by atoms with Crippen LogP contribution in [0.25, 0.3) is 0 Å². The molecule has 1 aromatic rings. The van der Waals surface area contributed by atoms with Crippen LogP contribution in [0.4, 0.5) is 0 Å². The normalized spacial score (nSPS) is 25.9. The number of likely N-dealkylation sites (tertiary alicyclic amines) is 1. The molecule has 1 saturated carbocycles. The minimum absolute atomic E-state index is 0.150. The largest absolute Gasteiger partial charge is 0.489 e. The Bertz CT molecular complexity index is 468. The Balaban J connectivity index is 1.82. The van der Waals surface area contributed by atoms with Gasteiger partial charge in [0.05, 0.1) is 0 Å². The molecule has 3 rings (SSSR count). The second-order valence-electron chi connectivity index (χ2n) is 6.83. The summed E-state index contributed by atoms with van der Waals surface area (Å²) in [6.07, 6.45) is 7.69. The van der Waals surface area contributed by atoms with Gasteiger partial charge in [-0.2, -0.15) is 0 Å². The number of benzene rings is 1. The lowest BCUT2D eigenvalue weighted by atomic mass is 9.78. The van der Waals surface area contributed by atoms with E-state index < -0.39 is 0 Å². The first kappa shape index (κ1) is 14.9.